The molecule has 0 saturated carbocycles. The molecule has 2 N–H and O–H groups in total. The molecule has 3 nitrogen and oxygen atoms in total. The van der Waals surface area contributed by atoms with Crippen molar-refractivity contribution in [3.05, 3.63) is 72.9 Å². The molecule has 0 rings (SSSR count). The van der Waals surface area contributed by atoms with Crippen molar-refractivity contribution >= 4 is 5.91 Å². The Morgan fingerprint density at radius 3 is 1.54 bits per heavy atom. The molecule has 156 valence electrons. The molecule has 0 aromatic rings. The molecule has 3 heteroatoms. The molecule has 0 bridgehead atoms. The second-order valence-corrected chi connectivity index (χ2v) is 6.60. The Bertz CT molecular complexity index is 539. The molecule has 0 aliphatic rings. The first-order chi connectivity index (χ1) is 13.7. The first-order valence-corrected chi connectivity index (χ1v) is 10.5. The first-order valence-electron chi connectivity index (χ1n) is 10.5. The predicted octanol–water partition coefficient (Wildman–Crippen LogP) is 5.96. The van der Waals surface area contributed by atoms with Crippen molar-refractivity contribution in [2.45, 2.75) is 71.3 Å². The number of carbonyl (C=O) groups is 1. The average molecular weight is 386 g/mol. The molecule has 1 amide bonds. The van der Waals surface area contributed by atoms with Gasteiger partial charge < -0.3 is 10.4 Å². The van der Waals surface area contributed by atoms with Gasteiger partial charge >= 0.3 is 0 Å². The highest BCUT2D eigenvalue weighted by Gasteiger charge is 2.03. The molecule has 0 aliphatic carbocycles. The number of carbonyl (C=O) groups excluding carboxylic acids is 1. The molecule has 0 aliphatic heterocycles. The van der Waals surface area contributed by atoms with Crippen molar-refractivity contribution in [3.63, 3.8) is 0 Å². The summed E-state index contributed by atoms with van der Waals surface area (Å²) in [5.41, 5.74) is 0. The summed E-state index contributed by atoms with van der Waals surface area (Å²) in [5.74, 6) is -0.0129. The van der Waals surface area contributed by atoms with Gasteiger partial charge in [-0.1, -0.05) is 79.8 Å². The van der Waals surface area contributed by atoms with Gasteiger partial charge in [0.15, 0.2) is 0 Å². The highest BCUT2D eigenvalue weighted by atomic mass is 16.3. The third kappa shape index (κ3) is 20.2. The minimum Gasteiger partial charge on any atom is -0.394 e. The van der Waals surface area contributed by atoms with Crippen LogP contribution in [-0.4, -0.2) is 23.7 Å². The zero-order valence-electron chi connectivity index (χ0n) is 17.7. The van der Waals surface area contributed by atoms with Gasteiger partial charge in [0.2, 0.25) is 5.91 Å². The Balaban J connectivity index is 3.59. The zero-order chi connectivity index (χ0) is 20.7. The summed E-state index contributed by atoms with van der Waals surface area (Å²) in [5, 5.41) is 11.6. The van der Waals surface area contributed by atoms with E-state index in [1.165, 1.54) is 0 Å². The van der Waals surface area contributed by atoms with Gasteiger partial charge in [0.05, 0.1) is 6.61 Å². The number of allylic oxidation sites excluding steroid dienone is 12. The van der Waals surface area contributed by atoms with Crippen LogP contribution in [0.4, 0.5) is 0 Å². The maximum absolute atomic E-state index is 11.5. The topological polar surface area (TPSA) is 49.3 Å². The Morgan fingerprint density at radius 2 is 1.14 bits per heavy atom. The Labute approximate surface area is 172 Å². The third-order valence-electron chi connectivity index (χ3n) is 3.82. The molecule has 28 heavy (non-hydrogen) atoms. The van der Waals surface area contributed by atoms with Crippen molar-refractivity contribution in [2.75, 3.05) is 6.61 Å². The summed E-state index contributed by atoms with van der Waals surface area (Å²) in [4.78, 5) is 11.5. The number of hydrogen-bond acceptors (Lipinski definition) is 2. The number of aliphatic hydroxyl groups excluding tert-OH is 1. The number of aliphatic hydroxyl groups is 1. The molecule has 0 fully saturated rings. The highest BCUT2D eigenvalue weighted by molar-refractivity contribution is 5.76. The van der Waals surface area contributed by atoms with Crippen LogP contribution in [0, 0.1) is 0 Å². The Hall–Kier alpha value is -2.13. The van der Waals surface area contributed by atoms with E-state index in [0.29, 0.717) is 6.42 Å². The van der Waals surface area contributed by atoms with Gasteiger partial charge in [-0.05, 0) is 51.9 Å². The molecule has 0 saturated heterocycles. The van der Waals surface area contributed by atoms with E-state index >= 15 is 0 Å². The van der Waals surface area contributed by atoms with E-state index in [1.807, 2.05) is 6.08 Å². The Morgan fingerprint density at radius 1 is 0.750 bits per heavy atom. The number of nitrogens with one attached hydrogen (secondary N) is 1. The minimum absolute atomic E-state index is 0.0129. The molecular formula is C25H39NO2. The normalized spacial score (nSPS) is 14.0. The fourth-order valence-electron chi connectivity index (χ4n) is 2.25. The van der Waals surface area contributed by atoms with Crippen LogP contribution in [0.1, 0.15) is 65.2 Å². The van der Waals surface area contributed by atoms with Gasteiger partial charge in [0, 0.05) is 12.5 Å². The fourth-order valence-corrected chi connectivity index (χ4v) is 2.25. The lowest BCUT2D eigenvalue weighted by Crippen LogP contribution is -2.34. The molecule has 1 atom stereocenters. The van der Waals surface area contributed by atoms with E-state index in [4.69, 9.17) is 5.11 Å². The number of amides is 1. The van der Waals surface area contributed by atoms with E-state index in [2.05, 4.69) is 79.1 Å². The van der Waals surface area contributed by atoms with Crippen LogP contribution in [0.15, 0.2) is 72.9 Å². The molecule has 0 unspecified atom stereocenters. The van der Waals surface area contributed by atoms with Crippen molar-refractivity contribution in [1.29, 1.82) is 0 Å². The fraction of sp³-hybridized carbons (Fsp3) is 0.480. The molecule has 0 aromatic carbocycles. The maximum atomic E-state index is 11.5. The van der Waals surface area contributed by atoms with Crippen LogP contribution < -0.4 is 5.32 Å². The van der Waals surface area contributed by atoms with Crippen molar-refractivity contribution in [1.82, 2.24) is 5.32 Å². The predicted molar refractivity (Wildman–Crippen MR) is 122 cm³/mol. The monoisotopic (exact) mass is 385 g/mol. The van der Waals surface area contributed by atoms with E-state index in [-0.39, 0.29) is 18.6 Å². The van der Waals surface area contributed by atoms with Gasteiger partial charge in [-0.2, -0.15) is 0 Å². The second kappa shape index (κ2) is 21.2. The summed E-state index contributed by atoms with van der Waals surface area (Å²) in [6.45, 7) is 3.91. The van der Waals surface area contributed by atoms with Gasteiger partial charge in [0.1, 0.15) is 0 Å². The van der Waals surface area contributed by atoms with Crippen molar-refractivity contribution in [2.24, 2.45) is 0 Å². The largest absolute Gasteiger partial charge is 0.394 e. The van der Waals surface area contributed by atoms with E-state index in [9.17, 15) is 4.79 Å². The summed E-state index contributed by atoms with van der Waals surface area (Å²) < 4.78 is 0. The quantitative estimate of drug-likeness (QED) is 0.322. The van der Waals surface area contributed by atoms with E-state index < -0.39 is 0 Å². The Kier molecular flexibility index (Phi) is 19.6. The van der Waals surface area contributed by atoms with Gasteiger partial charge in [-0.25, -0.2) is 0 Å². The summed E-state index contributed by atoms with van der Waals surface area (Å²) in [6, 6.07) is -0.169. The van der Waals surface area contributed by atoms with E-state index in [1.54, 1.807) is 6.92 Å². The highest BCUT2D eigenvalue weighted by Crippen LogP contribution is 1.98. The standard InChI is InChI=1S/C25H39NO2/c1-3-4-5-6-7-8-9-10-11-12-13-14-15-16-17-18-19-20-21-22-25(28)26-24(2)23-27/h4-5,7-8,10-11,13-14,16-17,19-20,24,27H,3,6,9,12,15,18,21-23H2,1-2H3,(H,26,28)/b5-4-,8-7-,11-10-,14-13-,17-16-,20-19-/t24-/m1/s1. The van der Waals surface area contributed by atoms with Crippen LogP contribution in [0.25, 0.3) is 0 Å². The molecule has 0 heterocycles. The molecule has 0 radical (unpaired) electrons. The second-order valence-electron chi connectivity index (χ2n) is 6.60. The lowest BCUT2D eigenvalue weighted by atomic mass is 10.2. The molecule has 0 spiro atoms. The lowest BCUT2D eigenvalue weighted by Gasteiger charge is -2.09. The van der Waals surface area contributed by atoms with Gasteiger partial charge in [-0.3, -0.25) is 4.79 Å². The van der Waals surface area contributed by atoms with Crippen LogP contribution in [0.2, 0.25) is 0 Å². The smallest absolute Gasteiger partial charge is 0.220 e. The third-order valence-corrected chi connectivity index (χ3v) is 3.82. The van der Waals surface area contributed by atoms with Crippen LogP contribution in [0.3, 0.4) is 0 Å². The SMILES string of the molecule is CC/C=C\C/C=C\C/C=C\C/C=C\C/C=C\C/C=C\CCC(=O)N[C@H](C)CO. The maximum Gasteiger partial charge on any atom is 0.220 e. The van der Waals surface area contributed by atoms with Crippen molar-refractivity contribution < 1.29 is 9.90 Å². The molecule has 0 aromatic heterocycles. The average Bonchev–Trinajstić information content (AvgIpc) is 2.69. The van der Waals surface area contributed by atoms with Crippen LogP contribution >= 0.6 is 0 Å². The summed E-state index contributed by atoms with van der Waals surface area (Å²) >= 11 is 0. The molecular weight excluding hydrogens is 346 g/mol. The lowest BCUT2D eigenvalue weighted by molar-refractivity contribution is -0.121. The minimum atomic E-state index is -0.169. The van der Waals surface area contributed by atoms with Gasteiger partial charge in [-0.15, -0.1) is 0 Å². The van der Waals surface area contributed by atoms with Gasteiger partial charge in [0.25, 0.3) is 0 Å². The summed E-state index contributed by atoms with van der Waals surface area (Å²) in [6.07, 6.45) is 33.2. The van der Waals surface area contributed by atoms with E-state index in [0.717, 1.165) is 44.9 Å². The summed E-state index contributed by atoms with van der Waals surface area (Å²) in [7, 11) is 0. The van der Waals surface area contributed by atoms with Crippen molar-refractivity contribution in [3.8, 4) is 0 Å². The van der Waals surface area contributed by atoms with Crippen LogP contribution in [-0.2, 0) is 4.79 Å². The first kappa shape index (κ1) is 25.9. The number of hydrogen-bond donors (Lipinski definition) is 2. The number of rotatable bonds is 16. The van der Waals surface area contributed by atoms with Crippen LogP contribution in [0.5, 0.6) is 0 Å². The zero-order valence-corrected chi connectivity index (χ0v) is 17.7.